The van der Waals surface area contributed by atoms with Gasteiger partial charge >= 0.3 is 0 Å². The van der Waals surface area contributed by atoms with Crippen molar-refractivity contribution in [2.24, 2.45) is 0 Å². The third-order valence-electron chi connectivity index (χ3n) is 2.91. The van der Waals surface area contributed by atoms with Crippen molar-refractivity contribution in [3.05, 3.63) is 46.6 Å². The van der Waals surface area contributed by atoms with E-state index in [0.29, 0.717) is 12.8 Å². The number of carbonyl (C=O) groups excluding carboxylic acids is 1. The smallest absolute Gasteiger partial charge is 0.220 e. The van der Waals surface area contributed by atoms with Gasteiger partial charge in [0, 0.05) is 28.4 Å². The van der Waals surface area contributed by atoms with Gasteiger partial charge in [-0.2, -0.15) is 0 Å². The van der Waals surface area contributed by atoms with Gasteiger partial charge in [0.15, 0.2) is 0 Å². The van der Waals surface area contributed by atoms with Gasteiger partial charge in [-0.3, -0.25) is 4.79 Å². The molecule has 0 aliphatic carbocycles. The number of aryl methyl sites for hydroxylation is 1. The van der Waals surface area contributed by atoms with Gasteiger partial charge in [-0.05, 0) is 39.0 Å². The van der Waals surface area contributed by atoms with E-state index in [1.807, 2.05) is 57.2 Å². The van der Waals surface area contributed by atoms with E-state index in [0.717, 1.165) is 21.6 Å². The van der Waals surface area contributed by atoms with Crippen LogP contribution in [0.2, 0.25) is 0 Å². The van der Waals surface area contributed by atoms with Crippen molar-refractivity contribution >= 4 is 21.8 Å². The van der Waals surface area contributed by atoms with Crippen molar-refractivity contribution < 1.29 is 9.21 Å². The minimum atomic E-state index is -0.194. The number of carbonyl (C=O) groups is 1. The summed E-state index contributed by atoms with van der Waals surface area (Å²) in [4.78, 5) is 11.8. The van der Waals surface area contributed by atoms with Crippen molar-refractivity contribution in [2.45, 2.75) is 39.2 Å². The first-order valence-electron chi connectivity index (χ1n) is 7.00. The molecule has 0 spiro atoms. The normalized spacial score (nSPS) is 11.4. The summed E-state index contributed by atoms with van der Waals surface area (Å²) in [5.41, 5.74) is 0.822. The molecule has 112 valence electrons. The fourth-order valence-electron chi connectivity index (χ4n) is 2.04. The van der Waals surface area contributed by atoms with Crippen LogP contribution in [0.1, 0.15) is 33.0 Å². The van der Waals surface area contributed by atoms with Crippen LogP contribution < -0.4 is 5.32 Å². The Balaban J connectivity index is 1.98. The van der Waals surface area contributed by atoms with Crippen molar-refractivity contribution in [3.63, 3.8) is 0 Å². The monoisotopic (exact) mass is 349 g/mol. The van der Waals surface area contributed by atoms with E-state index in [2.05, 4.69) is 21.2 Å². The lowest BCUT2D eigenvalue weighted by Gasteiger charge is -2.20. The third-order valence-corrected chi connectivity index (χ3v) is 3.61. The minimum absolute atomic E-state index is 0.0429. The Kier molecular flexibility index (Phi) is 4.88. The fraction of sp³-hybridized carbons (Fsp3) is 0.353. The van der Waals surface area contributed by atoms with Crippen LogP contribution in [0.25, 0.3) is 11.3 Å². The van der Waals surface area contributed by atoms with Gasteiger partial charge in [-0.15, -0.1) is 0 Å². The molecule has 2 rings (SSSR count). The highest BCUT2D eigenvalue weighted by atomic mass is 79.9. The molecule has 0 aliphatic heterocycles. The largest absolute Gasteiger partial charge is 0.461 e. The Morgan fingerprint density at radius 2 is 1.90 bits per heavy atom. The molecule has 3 nitrogen and oxygen atoms in total. The van der Waals surface area contributed by atoms with Gasteiger partial charge in [-0.1, -0.05) is 34.1 Å². The second-order valence-electron chi connectivity index (χ2n) is 6.04. The summed E-state index contributed by atoms with van der Waals surface area (Å²) in [6, 6.07) is 11.8. The first kappa shape index (κ1) is 15.8. The van der Waals surface area contributed by atoms with Crippen LogP contribution in [0.5, 0.6) is 0 Å². The van der Waals surface area contributed by atoms with E-state index in [1.165, 1.54) is 0 Å². The van der Waals surface area contributed by atoms with Gasteiger partial charge in [0.1, 0.15) is 11.5 Å². The molecule has 0 radical (unpaired) electrons. The molecule has 0 saturated carbocycles. The van der Waals surface area contributed by atoms with E-state index < -0.39 is 0 Å². The number of amides is 1. The number of benzene rings is 1. The Hall–Kier alpha value is -1.55. The molecular weight excluding hydrogens is 330 g/mol. The molecule has 0 unspecified atom stereocenters. The Bertz CT molecular complexity index is 626. The summed E-state index contributed by atoms with van der Waals surface area (Å²) in [6.07, 6.45) is 1.03. The summed E-state index contributed by atoms with van der Waals surface area (Å²) in [5.74, 6) is 1.68. The summed E-state index contributed by atoms with van der Waals surface area (Å²) in [5, 5.41) is 2.95. The van der Waals surface area contributed by atoms with Crippen LogP contribution in [0.3, 0.4) is 0 Å². The quantitative estimate of drug-likeness (QED) is 0.879. The van der Waals surface area contributed by atoms with Gasteiger partial charge in [0.2, 0.25) is 5.91 Å². The van der Waals surface area contributed by atoms with E-state index in [4.69, 9.17) is 4.42 Å². The van der Waals surface area contributed by atoms with E-state index in [-0.39, 0.29) is 11.4 Å². The second kappa shape index (κ2) is 6.48. The predicted molar refractivity (Wildman–Crippen MR) is 88.1 cm³/mol. The van der Waals surface area contributed by atoms with E-state index in [1.54, 1.807) is 0 Å². The molecule has 1 aromatic heterocycles. The first-order valence-corrected chi connectivity index (χ1v) is 7.79. The fourth-order valence-corrected chi connectivity index (χ4v) is 2.52. The SMILES string of the molecule is CC(C)(C)NC(=O)CCc1ccc(-c2ccccc2Br)o1. The number of hydrogen-bond acceptors (Lipinski definition) is 2. The highest BCUT2D eigenvalue weighted by Gasteiger charge is 2.14. The topological polar surface area (TPSA) is 42.2 Å². The molecule has 1 aromatic carbocycles. The van der Waals surface area contributed by atoms with Crippen LogP contribution in [0.4, 0.5) is 0 Å². The Labute approximate surface area is 133 Å². The van der Waals surface area contributed by atoms with Crippen LogP contribution >= 0.6 is 15.9 Å². The molecular formula is C17H20BrNO2. The molecule has 1 N–H and O–H groups in total. The maximum atomic E-state index is 11.8. The van der Waals surface area contributed by atoms with Crippen LogP contribution in [-0.4, -0.2) is 11.4 Å². The number of halogens is 1. The standard InChI is InChI=1S/C17H20BrNO2/c1-17(2,3)19-16(20)11-9-12-8-10-15(21-12)13-6-4-5-7-14(13)18/h4-8,10H,9,11H2,1-3H3,(H,19,20). The predicted octanol–water partition coefficient (Wildman–Crippen LogP) is 4.56. The number of furan rings is 1. The van der Waals surface area contributed by atoms with Crippen molar-refractivity contribution in [1.82, 2.24) is 5.32 Å². The van der Waals surface area contributed by atoms with Gasteiger partial charge in [0.25, 0.3) is 0 Å². The Morgan fingerprint density at radius 1 is 1.19 bits per heavy atom. The van der Waals surface area contributed by atoms with Crippen LogP contribution in [-0.2, 0) is 11.2 Å². The Morgan fingerprint density at radius 3 is 2.57 bits per heavy atom. The molecule has 1 amide bonds. The zero-order chi connectivity index (χ0) is 15.5. The minimum Gasteiger partial charge on any atom is -0.461 e. The van der Waals surface area contributed by atoms with E-state index in [9.17, 15) is 4.79 Å². The zero-order valence-corrected chi connectivity index (χ0v) is 14.2. The maximum Gasteiger partial charge on any atom is 0.220 e. The van der Waals surface area contributed by atoms with Gasteiger partial charge < -0.3 is 9.73 Å². The molecule has 0 saturated heterocycles. The highest BCUT2D eigenvalue weighted by molar-refractivity contribution is 9.10. The number of rotatable bonds is 4. The number of hydrogen-bond donors (Lipinski definition) is 1. The van der Waals surface area contributed by atoms with Crippen molar-refractivity contribution in [3.8, 4) is 11.3 Å². The molecule has 1 heterocycles. The highest BCUT2D eigenvalue weighted by Crippen LogP contribution is 2.29. The molecule has 21 heavy (non-hydrogen) atoms. The summed E-state index contributed by atoms with van der Waals surface area (Å²) in [7, 11) is 0. The van der Waals surface area contributed by atoms with Crippen LogP contribution in [0, 0.1) is 0 Å². The van der Waals surface area contributed by atoms with Gasteiger partial charge in [-0.25, -0.2) is 0 Å². The van der Waals surface area contributed by atoms with E-state index >= 15 is 0 Å². The summed E-state index contributed by atoms with van der Waals surface area (Å²) in [6.45, 7) is 5.93. The lowest BCUT2D eigenvalue weighted by Crippen LogP contribution is -2.40. The molecule has 0 aliphatic rings. The average Bonchev–Trinajstić information content (AvgIpc) is 2.83. The lowest BCUT2D eigenvalue weighted by atomic mass is 10.1. The maximum absolute atomic E-state index is 11.8. The summed E-state index contributed by atoms with van der Waals surface area (Å²) >= 11 is 3.51. The zero-order valence-electron chi connectivity index (χ0n) is 12.6. The number of nitrogens with one attached hydrogen (secondary N) is 1. The van der Waals surface area contributed by atoms with Gasteiger partial charge in [0.05, 0.1) is 0 Å². The molecule has 2 aromatic rings. The van der Waals surface area contributed by atoms with Crippen molar-refractivity contribution in [2.75, 3.05) is 0 Å². The lowest BCUT2D eigenvalue weighted by molar-refractivity contribution is -0.122. The molecule has 0 fully saturated rings. The summed E-state index contributed by atoms with van der Waals surface area (Å²) < 4.78 is 6.82. The average molecular weight is 350 g/mol. The molecule has 4 heteroatoms. The molecule has 0 atom stereocenters. The van der Waals surface area contributed by atoms with Crippen LogP contribution in [0.15, 0.2) is 45.3 Å². The van der Waals surface area contributed by atoms with Crippen molar-refractivity contribution in [1.29, 1.82) is 0 Å². The first-order chi connectivity index (χ1) is 9.85. The second-order valence-corrected chi connectivity index (χ2v) is 6.90. The molecule has 0 bridgehead atoms. The third kappa shape index (κ3) is 4.74.